The molecule has 0 bridgehead atoms. The molecule has 0 unspecified atom stereocenters. The van der Waals surface area contributed by atoms with E-state index in [1.54, 1.807) is 42.5 Å². The van der Waals surface area contributed by atoms with Crippen molar-refractivity contribution in [2.24, 2.45) is 0 Å². The van der Waals surface area contributed by atoms with E-state index in [1.807, 2.05) is 17.5 Å². The van der Waals surface area contributed by atoms with Gasteiger partial charge in [-0.15, -0.1) is 11.3 Å². The summed E-state index contributed by atoms with van der Waals surface area (Å²) in [5, 5.41) is 6.30. The van der Waals surface area contributed by atoms with Crippen molar-refractivity contribution in [1.29, 1.82) is 0 Å². The van der Waals surface area contributed by atoms with E-state index in [0.29, 0.717) is 37.7 Å². The number of thiophene rings is 1. The van der Waals surface area contributed by atoms with Gasteiger partial charge in [-0.3, -0.25) is 14.2 Å². The lowest BCUT2D eigenvalue weighted by molar-refractivity contribution is -0.118. The molecular weight excluding hydrogens is 461 g/mol. The normalized spacial score (nSPS) is 11.0. The number of aromatic nitrogens is 2. The molecule has 1 amide bonds. The molecule has 0 aliphatic carbocycles. The van der Waals surface area contributed by atoms with Crippen molar-refractivity contribution in [1.82, 2.24) is 14.9 Å². The molecule has 152 valence electrons. The largest absolute Gasteiger partial charge is 0.351 e. The van der Waals surface area contributed by atoms with Crippen molar-refractivity contribution in [3.8, 4) is 5.69 Å². The molecule has 4 aromatic rings. The molecular formula is C21H15Cl2N3O2S2. The van der Waals surface area contributed by atoms with Gasteiger partial charge in [-0.25, -0.2) is 4.98 Å². The van der Waals surface area contributed by atoms with Crippen LogP contribution >= 0.6 is 46.3 Å². The third-order valence-electron chi connectivity index (χ3n) is 4.25. The van der Waals surface area contributed by atoms with Crippen molar-refractivity contribution in [3.63, 3.8) is 0 Å². The van der Waals surface area contributed by atoms with Gasteiger partial charge in [-0.1, -0.05) is 53.2 Å². The average Bonchev–Trinajstić information content (AvgIpc) is 3.21. The first-order chi connectivity index (χ1) is 14.5. The van der Waals surface area contributed by atoms with Gasteiger partial charge >= 0.3 is 0 Å². The Balaban J connectivity index is 1.56. The zero-order valence-electron chi connectivity index (χ0n) is 15.5. The second-order valence-corrected chi connectivity index (χ2v) is 9.07. The molecule has 0 radical (unpaired) electrons. The van der Waals surface area contributed by atoms with Crippen LogP contribution in [0.3, 0.4) is 0 Å². The quantitative estimate of drug-likeness (QED) is 0.308. The average molecular weight is 476 g/mol. The molecule has 9 heteroatoms. The van der Waals surface area contributed by atoms with Crippen molar-refractivity contribution in [3.05, 3.63) is 85.9 Å². The van der Waals surface area contributed by atoms with E-state index in [2.05, 4.69) is 10.3 Å². The van der Waals surface area contributed by atoms with Crippen molar-refractivity contribution >= 4 is 62.4 Å². The molecule has 2 heterocycles. The molecule has 0 aliphatic heterocycles. The van der Waals surface area contributed by atoms with E-state index in [0.717, 1.165) is 5.56 Å². The Morgan fingerprint density at radius 1 is 1.10 bits per heavy atom. The third-order valence-corrected chi connectivity index (χ3v) is 6.57. The molecule has 0 atom stereocenters. The highest BCUT2D eigenvalue weighted by molar-refractivity contribution is 7.99. The summed E-state index contributed by atoms with van der Waals surface area (Å²) in [5.74, 6) is -0.0387. The zero-order chi connectivity index (χ0) is 21.1. The van der Waals surface area contributed by atoms with Crippen LogP contribution in [0.2, 0.25) is 10.0 Å². The lowest BCUT2D eigenvalue weighted by Gasteiger charge is -2.12. The van der Waals surface area contributed by atoms with Gasteiger partial charge in [0, 0.05) is 16.6 Å². The fourth-order valence-electron chi connectivity index (χ4n) is 2.82. The number of benzene rings is 2. The number of fused-ring (bicyclic) bond motifs is 1. The summed E-state index contributed by atoms with van der Waals surface area (Å²) in [5.41, 5.74) is 2.00. The van der Waals surface area contributed by atoms with Crippen LogP contribution in [0, 0.1) is 0 Å². The van der Waals surface area contributed by atoms with Crippen molar-refractivity contribution in [2.75, 3.05) is 5.75 Å². The van der Waals surface area contributed by atoms with E-state index in [9.17, 15) is 9.59 Å². The molecule has 0 saturated carbocycles. The molecule has 0 saturated heterocycles. The van der Waals surface area contributed by atoms with Gasteiger partial charge in [0.2, 0.25) is 5.91 Å². The molecule has 5 nitrogen and oxygen atoms in total. The number of rotatable bonds is 6. The zero-order valence-corrected chi connectivity index (χ0v) is 18.6. The minimum Gasteiger partial charge on any atom is -0.351 e. The summed E-state index contributed by atoms with van der Waals surface area (Å²) in [6, 6.07) is 16.1. The fourth-order valence-corrected chi connectivity index (χ4v) is 4.73. The monoisotopic (exact) mass is 475 g/mol. The van der Waals surface area contributed by atoms with Crippen LogP contribution in [0.25, 0.3) is 15.9 Å². The first-order valence-electron chi connectivity index (χ1n) is 8.91. The Morgan fingerprint density at radius 3 is 2.67 bits per heavy atom. The first-order valence-corrected chi connectivity index (χ1v) is 11.5. The van der Waals surface area contributed by atoms with E-state index in [-0.39, 0.29) is 17.2 Å². The van der Waals surface area contributed by atoms with Crippen LogP contribution in [0.1, 0.15) is 5.56 Å². The topological polar surface area (TPSA) is 64.0 Å². The number of hydrogen-bond donors (Lipinski definition) is 1. The highest BCUT2D eigenvalue weighted by atomic mass is 35.5. The van der Waals surface area contributed by atoms with Gasteiger partial charge in [-0.05, 0) is 47.3 Å². The predicted octanol–water partition coefficient (Wildman–Crippen LogP) is 5.16. The van der Waals surface area contributed by atoms with Crippen LogP contribution in [0.4, 0.5) is 0 Å². The Kier molecular flexibility index (Phi) is 6.43. The maximum Gasteiger partial charge on any atom is 0.276 e. The number of amides is 1. The van der Waals surface area contributed by atoms with Crippen LogP contribution < -0.4 is 10.9 Å². The van der Waals surface area contributed by atoms with Crippen LogP contribution in [0.15, 0.2) is 69.9 Å². The Bertz CT molecular complexity index is 1270. The van der Waals surface area contributed by atoms with E-state index >= 15 is 0 Å². The highest BCUT2D eigenvalue weighted by Gasteiger charge is 2.16. The molecule has 2 aromatic heterocycles. The second-order valence-electron chi connectivity index (χ2n) is 6.34. The molecule has 30 heavy (non-hydrogen) atoms. The number of thioether (sulfide) groups is 1. The standard InChI is InChI=1S/C21H15Cl2N3O2S2/c22-14-6-4-13(5-7-14)11-24-18(27)12-30-21-25-17-8-9-29-19(17)20(28)26(21)16-3-1-2-15(23)10-16/h1-10H,11-12H2,(H,24,27). The first kappa shape index (κ1) is 20.9. The number of carbonyl (C=O) groups is 1. The fraction of sp³-hybridized carbons (Fsp3) is 0.0952. The second kappa shape index (κ2) is 9.22. The molecule has 0 aliphatic rings. The number of halogens is 2. The summed E-state index contributed by atoms with van der Waals surface area (Å²) < 4.78 is 2.06. The van der Waals surface area contributed by atoms with Gasteiger partial charge in [0.15, 0.2) is 5.16 Å². The SMILES string of the molecule is O=C(CSc1nc2ccsc2c(=O)n1-c1cccc(Cl)c1)NCc1ccc(Cl)cc1. The predicted molar refractivity (Wildman–Crippen MR) is 124 cm³/mol. The molecule has 0 fully saturated rings. The summed E-state index contributed by atoms with van der Waals surface area (Å²) in [6.07, 6.45) is 0. The highest BCUT2D eigenvalue weighted by Crippen LogP contribution is 2.24. The van der Waals surface area contributed by atoms with Crippen LogP contribution in [-0.2, 0) is 11.3 Å². The Labute approximate surface area is 190 Å². The summed E-state index contributed by atoms with van der Waals surface area (Å²) >= 11 is 14.5. The summed E-state index contributed by atoms with van der Waals surface area (Å²) in [4.78, 5) is 30.0. The number of nitrogens with zero attached hydrogens (tertiary/aromatic N) is 2. The molecule has 2 aromatic carbocycles. The minimum atomic E-state index is -0.179. The van der Waals surface area contributed by atoms with Gasteiger partial charge in [0.05, 0.1) is 17.0 Å². The van der Waals surface area contributed by atoms with E-state index in [4.69, 9.17) is 23.2 Å². The maximum atomic E-state index is 13.1. The Hall–Kier alpha value is -2.32. The summed E-state index contributed by atoms with van der Waals surface area (Å²) in [6.45, 7) is 0.397. The van der Waals surface area contributed by atoms with Gasteiger partial charge in [-0.2, -0.15) is 0 Å². The maximum absolute atomic E-state index is 13.1. The van der Waals surface area contributed by atoms with Crippen molar-refractivity contribution < 1.29 is 4.79 Å². The molecule has 4 rings (SSSR count). The lowest BCUT2D eigenvalue weighted by Crippen LogP contribution is -2.26. The third kappa shape index (κ3) is 4.70. The van der Waals surface area contributed by atoms with E-state index in [1.165, 1.54) is 27.7 Å². The minimum absolute atomic E-state index is 0.121. The number of carbonyl (C=O) groups excluding carboxylic acids is 1. The van der Waals surface area contributed by atoms with Gasteiger partial charge in [0.1, 0.15) is 4.70 Å². The molecule has 1 N–H and O–H groups in total. The lowest BCUT2D eigenvalue weighted by atomic mass is 10.2. The smallest absolute Gasteiger partial charge is 0.276 e. The van der Waals surface area contributed by atoms with Gasteiger partial charge in [0.25, 0.3) is 5.56 Å². The summed E-state index contributed by atoms with van der Waals surface area (Å²) in [7, 11) is 0. The Morgan fingerprint density at radius 2 is 1.90 bits per heavy atom. The van der Waals surface area contributed by atoms with E-state index < -0.39 is 0 Å². The van der Waals surface area contributed by atoms with Gasteiger partial charge < -0.3 is 5.32 Å². The van der Waals surface area contributed by atoms with Crippen molar-refractivity contribution in [2.45, 2.75) is 11.7 Å². The number of hydrogen-bond acceptors (Lipinski definition) is 5. The van der Waals surface area contributed by atoms with Crippen LogP contribution in [-0.4, -0.2) is 21.2 Å². The number of nitrogens with one attached hydrogen (secondary N) is 1. The molecule has 0 spiro atoms. The van der Waals surface area contributed by atoms with Crippen LogP contribution in [0.5, 0.6) is 0 Å².